The predicted molar refractivity (Wildman–Crippen MR) is 96.3 cm³/mol. The van der Waals surface area contributed by atoms with E-state index in [-0.39, 0.29) is 4.75 Å². The molecule has 2 aromatic rings. The van der Waals surface area contributed by atoms with Crippen LogP contribution in [0.5, 0.6) is 11.5 Å². The summed E-state index contributed by atoms with van der Waals surface area (Å²) in [6.45, 7) is 4.63. The Labute approximate surface area is 146 Å². The molecule has 2 heterocycles. The molecule has 0 aliphatic carbocycles. The normalized spacial score (nSPS) is 20.5. The van der Waals surface area contributed by atoms with Crippen LogP contribution in [0, 0.1) is 0 Å². The molecule has 1 atom stereocenters. The molecular weight excluding hydrogens is 344 g/mol. The molecule has 24 heavy (non-hydrogen) atoms. The Hall–Kier alpha value is -1.57. The van der Waals surface area contributed by atoms with Crippen LogP contribution in [0.15, 0.2) is 53.7 Å². The molecule has 1 N–H and O–H groups in total. The van der Waals surface area contributed by atoms with Crippen molar-refractivity contribution in [1.29, 1.82) is 0 Å². The fraction of sp³-hybridized carbons (Fsp3) is 0.353. The fourth-order valence-corrected chi connectivity index (χ4v) is 6.12. The average molecular weight is 364 g/mol. The van der Waals surface area contributed by atoms with Crippen LogP contribution in [-0.4, -0.2) is 35.8 Å². The molecule has 1 unspecified atom stereocenters. The van der Waals surface area contributed by atoms with Crippen molar-refractivity contribution in [2.24, 2.45) is 0 Å². The Bertz CT molecular complexity index is 790. The highest BCUT2D eigenvalue weighted by Crippen LogP contribution is 2.36. The van der Waals surface area contributed by atoms with Crippen molar-refractivity contribution < 1.29 is 13.2 Å². The van der Waals surface area contributed by atoms with Crippen molar-refractivity contribution in [2.45, 2.75) is 28.9 Å². The van der Waals surface area contributed by atoms with Crippen LogP contribution in [0.1, 0.15) is 13.8 Å². The third-order valence-corrected chi connectivity index (χ3v) is 7.73. The van der Waals surface area contributed by atoms with Crippen LogP contribution in [0.25, 0.3) is 0 Å². The number of hydrogen-bond acceptors (Lipinski definition) is 6. The second-order valence-corrected chi connectivity index (χ2v) is 9.87. The predicted octanol–water partition coefficient (Wildman–Crippen LogP) is 3.09. The highest BCUT2D eigenvalue weighted by atomic mass is 32.2. The van der Waals surface area contributed by atoms with Crippen molar-refractivity contribution in [2.75, 3.05) is 12.3 Å². The van der Waals surface area contributed by atoms with Gasteiger partial charge in [-0.05, 0) is 50.2 Å². The van der Waals surface area contributed by atoms with Crippen molar-refractivity contribution in [3.8, 4) is 11.5 Å². The van der Waals surface area contributed by atoms with E-state index in [1.807, 2.05) is 13.8 Å². The summed E-state index contributed by atoms with van der Waals surface area (Å²) in [5.74, 6) is 2.16. The van der Waals surface area contributed by atoms with Gasteiger partial charge in [0.2, 0.25) is 0 Å². The summed E-state index contributed by atoms with van der Waals surface area (Å²) >= 11 is 1.68. The van der Waals surface area contributed by atoms with E-state index >= 15 is 0 Å². The minimum atomic E-state index is -3.46. The fourth-order valence-electron chi connectivity index (χ4n) is 2.68. The zero-order valence-electron chi connectivity index (χ0n) is 13.6. The average Bonchev–Trinajstić information content (AvgIpc) is 2.55. The van der Waals surface area contributed by atoms with Gasteiger partial charge in [-0.25, -0.2) is 8.42 Å². The van der Waals surface area contributed by atoms with Crippen LogP contribution in [-0.2, 0) is 9.84 Å². The topological polar surface area (TPSA) is 68.3 Å². The van der Waals surface area contributed by atoms with E-state index in [1.165, 1.54) is 0 Å². The molecule has 0 bridgehead atoms. The Morgan fingerprint density at radius 1 is 1.12 bits per heavy atom. The van der Waals surface area contributed by atoms with Gasteiger partial charge in [0.15, 0.2) is 9.84 Å². The number of pyridine rings is 1. The zero-order chi connectivity index (χ0) is 17.2. The smallest absolute Gasteiger partial charge is 0.195 e. The third kappa shape index (κ3) is 3.58. The molecule has 1 aliphatic heterocycles. The lowest BCUT2D eigenvalue weighted by Gasteiger charge is -2.38. The summed E-state index contributed by atoms with van der Waals surface area (Å²) in [6.07, 6.45) is 3.28. The number of nitrogens with one attached hydrogen (secondary N) is 1. The summed E-state index contributed by atoms with van der Waals surface area (Å²) in [4.78, 5) is 4.23. The maximum absolute atomic E-state index is 12.9. The number of sulfone groups is 1. The summed E-state index contributed by atoms with van der Waals surface area (Å²) in [5, 5.41) is 2.55. The maximum atomic E-state index is 12.9. The molecule has 0 radical (unpaired) electrons. The largest absolute Gasteiger partial charge is 0.457 e. The lowest BCUT2D eigenvalue weighted by Crippen LogP contribution is -2.54. The number of rotatable bonds is 4. The maximum Gasteiger partial charge on any atom is 0.195 e. The third-order valence-electron chi connectivity index (χ3n) is 3.89. The zero-order valence-corrected chi connectivity index (χ0v) is 15.2. The minimum Gasteiger partial charge on any atom is -0.457 e. The van der Waals surface area contributed by atoms with E-state index in [0.717, 1.165) is 5.75 Å². The van der Waals surface area contributed by atoms with Crippen LogP contribution >= 0.6 is 11.8 Å². The van der Waals surface area contributed by atoms with Gasteiger partial charge in [0.25, 0.3) is 0 Å². The first-order valence-corrected chi connectivity index (χ1v) is 10.2. The molecule has 3 rings (SSSR count). The van der Waals surface area contributed by atoms with Gasteiger partial charge in [-0.1, -0.05) is 0 Å². The Morgan fingerprint density at radius 2 is 1.75 bits per heavy atom. The SMILES string of the molecule is CC1(C)SCCNC1S(=O)(=O)c1ccc(Oc2ccncc2)cc1. The highest BCUT2D eigenvalue weighted by molar-refractivity contribution is 8.02. The molecule has 0 spiro atoms. The molecule has 7 heteroatoms. The number of hydrogen-bond donors (Lipinski definition) is 1. The van der Waals surface area contributed by atoms with Crippen molar-refractivity contribution in [3.63, 3.8) is 0 Å². The molecule has 1 aromatic heterocycles. The van der Waals surface area contributed by atoms with E-state index in [0.29, 0.717) is 22.9 Å². The quantitative estimate of drug-likeness (QED) is 0.899. The van der Waals surface area contributed by atoms with Gasteiger partial charge in [0.1, 0.15) is 16.9 Å². The number of ether oxygens (including phenoxy) is 1. The van der Waals surface area contributed by atoms with Crippen LogP contribution in [0.4, 0.5) is 0 Å². The molecule has 1 fully saturated rings. The molecule has 1 saturated heterocycles. The van der Waals surface area contributed by atoms with E-state index in [2.05, 4.69) is 10.3 Å². The molecule has 5 nitrogen and oxygen atoms in total. The van der Waals surface area contributed by atoms with E-state index < -0.39 is 15.2 Å². The Balaban J connectivity index is 1.82. The Kier molecular flexibility index (Phi) is 4.85. The first kappa shape index (κ1) is 17.3. The first-order valence-electron chi connectivity index (χ1n) is 7.69. The van der Waals surface area contributed by atoms with Crippen molar-refractivity contribution >= 4 is 21.6 Å². The van der Waals surface area contributed by atoms with Gasteiger partial charge < -0.3 is 4.74 Å². The van der Waals surface area contributed by atoms with Gasteiger partial charge in [-0.3, -0.25) is 10.3 Å². The molecule has 0 amide bonds. The lowest BCUT2D eigenvalue weighted by atomic mass is 10.2. The molecule has 1 aromatic carbocycles. The lowest BCUT2D eigenvalue weighted by molar-refractivity contribution is 0.480. The number of nitrogens with zero attached hydrogens (tertiary/aromatic N) is 1. The summed E-state index contributed by atoms with van der Waals surface area (Å²) in [6, 6.07) is 10.0. The summed E-state index contributed by atoms with van der Waals surface area (Å²) in [7, 11) is -3.46. The number of thioether (sulfide) groups is 1. The standard InChI is InChI=1S/C17H20N2O3S2/c1-17(2)16(19-11-12-23-17)24(20,21)15-5-3-13(4-6-15)22-14-7-9-18-10-8-14/h3-10,16,19H,11-12H2,1-2H3. The van der Waals surface area contributed by atoms with Gasteiger partial charge in [-0.2, -0.15) is 11.8 Å². The molecular formula is C17H20N2O3S2. The Morgan fingerprint density at radius 3 is 2.38 bits per heavy atom. The number of benzene rings is 1. The number of aromatic nitrogens is 1. The van der Waals surface area contributed by atoms with Gasteiger partial charge in [0.05, 0.1) is 4.90 Å². The second-order valence-electron chi connectivity index (χ2n) is 6.09. The monoisotopic (exact) mass is 364 g/mol. The van der Waals surface area contributed by atoms with Gasteiger partial charge in [0, 0.05) is 29.4 Å². The van der Waals surface area contributed by atoms with E-state index in [1.54, 1.807) is 60.6 Å². The molecule has 1 aliphatic rings. The van der Waals surface area contributed by atoms with Crippen LogP contribution in [0.2, 0.25) is 0 Å². The molecule has 128 valence electrons. The van der Waals surface area contributed by atoms with E-state index in [9.17, 15) is 8.42 Å². The van der Waals surface area contributed by atoms with Gasteiger partial charge >= 0.3 is 0 Å². The second kappa shape index (κ2) is 6.74. The minimum absolute atomic E-state index is 0.303. The summed E-state index contributed by atoms with van der Waals surface area (Å²) < 4.78 is 31.2. The van der Waals surface area contributed by atoms with E-state index in [4.69, 9.17) is 4.74 Å². The van der Waals surface area contributed by atoms with Gasteiger partial charge in [-0.15, -0.1) is 0 Å². The first-order chi connectivity index (χ1) is 11.4. The molecule has 0 saturated carbocycles. The summed E-state index contributed by atoms with van der Waals surface area (Å²) in [5.41, 5.74) is 0. The van der Waals surface area contributed by atoms with Crippen molar-refractivity contribution in [3.05, 3.63) is 48.8 Å². The van der Waals surface area contributed by atoms with Crippen molar-refractivity contribution in [1.82, 2.24) is 10.3 Å². The van der Waals surface area contributed by atoms with Crippen LogP contribution < -0.4 is 10.1 Å². The van der Waals surface area contributed by atoms with Crippen LogP contribution in [0.3, 0.4) is 0 Å². The highest BCUT2D eigenvalue weighted by Gasteiger charge is 2.42.